The van der Waals surface area contributed by atoms with Crippen LogP contribution in [0.1, 0.15) is 55.2 Å². The van der Waals surface area contributed by atoms with Crippen LogP contribution in [0.2, 0.25) is 0 Å². The third kappa shape index (κ3) is 5.24. The number of hydrogen-bond donors (Lipinski definition) is 1. The lowest BCUT2D eigenvalue weighted by atomic mass is 9.48. The quantitative estimate of drug-likeness (QED) is 0.164. The molecule has 1 aliphatic heterocycles. The number of barbiturate groups is 1. The largest absolute Gasteiger partial charge is 0.493 e. The van der Waals surface area contributed by atoms with Crippen LogP contribution in [0.3, 0.4) is 0 Å². The fourth-order valence-corrected chi connectivity index (χ4v) is 8.96. The van der Waals surface area contributed by atoms with Crippen molar-refractivity contribution in [2.24, 2.45) is 17.8 Å². The predicted octanol–water partition coefficient (Wildman–Crippen LogP) is 7.01. The molecule has 0 unspecified atom stereocenters. The van der Waals surface area contributed by atoms with E-state index < -0.39 is 17.8 Å². The highest BCUT2D eigenvalue weighted by Crippen LogP contribution is 2.60. The molecule has 0 aromatic heterocycles. The van der Waals surface area contributed by atoms with E-state index in [1.165, 1.54) is 50.2 Å². The van der Waals surface area contributed by atoms with E-state index in [1.807, 2.05) is 48.5 Å². The van der Waals surface area contributed by atoms with Gasteiger partial charge in [-0.25, -0.2) is 9.69 Å². The summed E-state index contributed by atoms with van der Waals surface area (Å²) < 4.78 is 12.4. The van der Waals surface area contributed by atoms with Gasteiger partial charge in [0.2, 0.25) is 0 Å². The van der Waals surface area contributed by atoms with Crippen molar-refractivity contribution in [3.63, 3.8) is 0 Å². The molecule has 7 nitrogen and oxygen atoms in total. The minimum Gasteiger partial charge on any atom is -0.493 e. The number of halogens is 1. The fourth-order valence-electron chi connectivity index (χ4n) is 8.18. The molecule has 1 heterocycles. The summed E-state index contributed by atoms with van der Waals surface area (Å²) in [6.45, 7) is 0.368. The summed E-state index contributed by atoms with van der Waals surface area (Å²) in [4.78, 5) is 40.5. The molecular formula is C35H33IN2O5. The Labute approximate surface area is 264 Å². The van der Waals surface area contributed by atoms with Gasteiger partial charge in [0.1, 0.15) is 12.2 Å². The second-order valence-corrected chi connectivity index (χ2v) is 13.7. The predicted molar refractivity (Wildman–Crippen MR) is 172 cm³/mol. The molecule has 5 aliphatic rings. The lowest BCUT2D eigenvalue weighted by molar-refractivity contribution is -0.122. The molecule has 1 saturated heterocycles. The van der Waals surface area contributed by atoms with Crippen LogP contribution in [0.5, 0.6) is 11.5 Å². The lowest BCUT2D eigenvalue weighted by Gasteiger charge is -2.57. The lowest BCUT2D eigenvalue weighted by Crippen LogP contribution is -2.54. The van der Waals surface area contributed by atoms with Gasteiger partial charge in [0.25, 0.3) is 11.8 Å². The molecule has 4 saturated carbocycles. The van der Waals surface area contributed by atoms with Crippen molar-refractivity contribution in [1.29, 1.82) is 0 Å². The summed E-state index contributed by atoms with van der Waals surface area (Å²) in [6.07, 6.45) is 9.32. The van der Waals surface area contributed by atoms with Crippen LogP contribution >= 0.6 is 22.6 Å². The van der Waals surface area contributed by atoms with E-state index in [-0.39, 0.29) is 11.0 Å². The normalized spacial score (nSPS) is 27.0. The SMILES string of the molecule is COc1cc(/C=C2\C(=O)NC(=O)N(c3ccc(C45CC6CC(CC(C6)C4)C5)cc3)C2=O)cc(I)c1OCc1ccccc1. The van der Waals surface area contributed by atoms with Crippen LogP contribution in [0, 0.1) is 21.3 Å². The Morgan fingerprint density at radius 2 is 1.58 bits per heavy atom. The Morgan fingerprint density at radius 1 is 0.930 bits per heavy atom. The third-order valence-electron chi connectivity index (χ3n) is 9.67. The Morgan fingerprint density at radius 3 is 2.21 bits per heavy atom. The number of urea groups is 1. The van der Waals surface area contributed by atoms with Gasteiger partial charge in [-0.2, -0.15) is 0 Å². The van der Waals surface area contributed by atoms with E-state index in [9.17, 15) is 14.4 Å². The molecule has 4 bridgehead atoms. The molecule has 43 heavy (non-hydrogen) atoms. The Kier molecular flexibility index (Phi) is 7.27. The van der Waals surface area contributed by atoms with Crippen molar-refractivity contribution in [2.45, 2.75) is 50.5 Å². The van der Waals surface area contributed by atoms with Crippen molar-refractivity contribution in [2.75, 3.05) is 12.0 Å². The highest BCUT2D eigenvalue weighted by molar-refractivity contribution is 14.1. The van der Waals surface area contributed by atoms with Crippen LogP contribution < -0.4 is 19.7 Å². The number of rotatable bonds is 7. The fraction of sp³-hybridized carbons (Fsp3) is 0.343. The zero-order chi connectivity index (χ0) is 29.7. The minimum atomic E-state index is -0.744. The van der Waals surface area contributed by atoms with Crippen LogP contribution in [-0.2, 0) is 21.6 Å². The first-order valence-corrected chi connectivity index (χ1v) is 16.0. The molecule has 0 radical (unpaired) electrons. The summed E-state index contributed by atoms with van der Waals surface area (Å²) >= 11 is 2.15. The molecule has 8 heteroatoms. The summed E-state index contributed by atoms with van der Waals surface area (Å²) in [7, 11) is 1.55. The summed E-state index contributed by atoms with van der Waals surface area (Å²) in [5.74, 6) is 2.14. The maximum Gasteiger partial charge on any atom is 0.335 e. The van der Waals surface area contributed by atoms with Crippen LogP contribution in [-0.4, -0.2) is 25.0 Å². The first-order valence-electron chi connectivity index (χ1n) is 14.9. The molecule has 1 N–H and O–H groups in total. The van der Waals surface area contributed by atoms with Crippen LogP contribution in [0.25, 0.3) is 6.08 Å². The average molecular weight is 689 g/mol. The van der Waals surface area contributed by atoms with E-state index in [0.29, 0.717) is 29.4 Å². The molecule has 220 valence electrons. The highest BCUT2D eigenvalue weighted by Gasteiger charge is 2.51. The van der Waals surface area contributed by atoms with Gasteiger partial charge in [0, 0.05) is 0 Å². The Bertz CT molecular complexity index is 1600. The van der Waals surface area contributed by atoms with Gasteiger partial charge < -0.3 is 9.47 Å². The topological polar surface area (TPSA) is 84.9 Å². The maximum atomic E-state index is 13.6. The van der Waals surface area contributed by atoms with Gasteiger partial charge in [0.05, 0.1) is 16.4 Å². The molecular weight excluding hydrogens is 655 g/mol. The number of carbonyl (C=O) groups is 3. The van der Waals surface area contributed by atoms with Crippen molar-refractivity contribution >= 4 is 52.2 Å². The van der Waals surface area contributed by atoms with E-state index in [1.54, 1.807) is 13.2 Å². The molecule has 0 spiro atoms. The molecule has 8 rings (SSSR count). The molecule has 4 aliphatic carbocycles. The first-order chi connectivity index (χ1) is 20.8. The van der Waals surface area contributed by atoms with Gasteiger partial charge >= 0.3 is 6.03 Å². The molecule has 5 fully saturated rings. The summed E-state index contributed by atoms with van der Waals surface area (Å²) in [5, 5.41) is 2.35. The van der Waals surface area contributed by atoms with Crippen molar-refractivity contribution in [3.05, 3.63) is 92.6 Å². The van der Waals surface area contributed by atoms with E-state index in [2.05, 4.69) is 40.0 Å². The second-order valence-electron chi connectivity index (χ2n) is 12.5. The standard InChI is InChI=1S/C35H33IN2O5/c1-42-30-16-22(15-29(36)31(30)43-20-21-5-3-2-4-6-21)14-28-32(39)37-34(41)38(33(28)40)27-9-7-26(8-10-27)35-17-23-11-24(18-35)13-25(12-23)19-35/h2-10,14-16,23-25H,11-13,17-20H2,1H3,(H,37,39,41)/b28-14+. The Balaban J connectivity index is 1.13. The molecule has 0 atom stereocenters. The smallest absolute Gasteiger partial charge is 0.335 e. The molecule has 3 aromatic rings. The summed E-state index contributed by atoms with van der Waals surface area (Å²) in [5.41, 5.74) is 3.45. The number of imide groups is 2. The van der Waals surface area contributed by atoms with Gasteiger partial charge in [-0.15, -0.1) is 0 Å². The molecule has 3 aromatic carbocycles. The van der Waals surface area contributed by atoms with Crippen LogP contribution in [0.15, 0.2) is 72.3 Å². The number of anilines is 1. The zero-order valence-corrected chi connectivity index (χ0v) is 26.1. The first kappa shape index (κ1) is 28.1. The third-order valence-corrected chi connectivity index (χ3v) is 10.5. The van der Waals surface area contributed by atoms with Gasteiger partial charge in [-0.3, -0.25) is 14.9 Å². The summed E-state index contributed by atoms with van der Waals surface area (Å²) in [6, 6.07) is 20.5. The number of methoxy groups -OCH3 is 1. The number of nitrogens with zero attached hydrogens (tertiary/aromatic N) is 1. The van der Waals surface area contributed by atoms with Gasteiger partial charge in [-0.05, 0) is 131 Å². The maximum absolute atomic E-state index is 13.6. The van der Waals surface area contributed by atoms with Gasteiger partial charge in [0.15, 0.2) is 11.5 Å². The number of carbonyl (C=O) groups excluding carboxylic acids is 3. The van der Waals surface area contributed by atoms with Gasteiger partial charge in [-0.1, -0.05) is 42.5 Å². The molecule has 4 amide bonds. The number of amides is 4. The van der Waals surface area contributed by atoms with E-state index in [0.717, 1.165) is 31.8 Å². The van der Waals surface area contributed by atoms with Crippen molar-refractivity contribution in [1.82, 2.24) is 5.32 Å². The second kappa shape index (κ2) is 11.1. The average Bonchev–Trinajstić information content (AvgIpc) is 2.98. The van der Waals surface area contributed by atoms with E-state index >= 15 is 0 Å². The van der Waals surface area contributed by atoms with Crippen molar-refractivity contribution in [3.8, 4) is 11.5 Å². The number of ether oxygens (including phenoxy) is 2. The minimum absolute atomic E-state index is 0.124. The number of hydrogen-bond acceptors (Lipinski definition) is 5. The number of nitrogens with one attached hydrogen (secondary N) is 1. The van der Waals surface area contributed by atoms with Crippen molar-refractivity contribution < 1.29 is 23.9 Å². The monoisotopic (exact) mass is 688 g/mol. The van der Waals surface area contributed by atoms with Crippen LogP contribution in [0.4, 0.5) is 10.5 Å². The number of benzene rings is 3. The zero-order valence-electron chi connectivity index (χ0n) is 24.0. The highest BCUT2D eigenvalue weighted by atomic mass is 127. The van der Waals surface area contributed by atoms with E-state index in [4.69, 9.17) is 9.47 Å². The Hall–Kier alpha value is -3.66.